The van der Waals surface area contributed by atoms with Crippen LogP contribution in [0.1, 0.15) is 38.3 Å². The van der Waals surface area contributed by atoms with Crippen molar-refractivity contribution >= 4 is 11.3 Å². The van der Waals surface area contributed by atoms with Gasteiger partial charge in [-0.1, -0.05) is 6.92 Å². The first-order valence-corrected chi connectivity index (χ1v) is 9.58. The van der Waals surface area contributed by atoms with Crippen molar-refractivity contribution < 1.29 is 5.11 Å². The molecule has 1 N–H and O–H groups in total. The molecule has 4 rings (SSSR count). The molecule has 2 saturated heterocycles. The first kappa shape index (κ1) is 16.7. The molecular weight excluding hydrogens is 316 g/mol. The predicted molar refractivity (Wildman–Crippen MR) is 96.8 cm³/mol. The van der Waals surface area contributed by atoms with Gasteiger partial charge in [-0.25, -0.2) is 0 Å². The number of fused-ring (bicyclic) bond motifs is 1. The Hall–Kier alpha value is -1.73. The summed E-state index contributed by atoms with van der Waals surface area (Å²) in [6, 6.07) is 2.82. The molecule has 2 aromatic heterocycles. The first-order chi connectivity index (χ1) is 12.3. The quantitative estimate of drug-likeness (QED) is 0.903. The Morgan fingerprint density at radius 3 is 2.80 bits per heavy atom. The number of likely N-dealkylation sites (tertiary alicyclic amines) is 1. The molecule has 7 heteroatoms. The van der Waals surface area contributed by atoms with E-state index in [0.717, 1.165) is 43.1 Å². The van der Waals surface area contributed by atoms with Crippen LogP contribution >= 0.6 is 0 Å². The van der Waals surface area contributed by atoms with Crippen LogP contribution in [0, 0.1) is 5.92 Å². The molecule has 0 aliphatic carbocycles. The van der Waals surface area contributed by atoms with Crippen LogP contribution < -0.4 is 4.90 Å². The summed E-state index contributed by atoms with van der Waals surface area (Å²) in [6.45, 7) is 6.79. The van der Waals surface area contributed by atoms with Gasteiger partial charge in [-0.2, -0.15) is 9.61 Å². The molecule has 2 aliphatic heterocycles. The Kier molecular flexibility index (Phi) is 4.85. The van der Waals surface area contributed by atoms with E-state index in [2.05, 4.69) is 38.1 Å². The van der Waals surface area contributed by atoms with E-state index in [-0.39, 0.29) is 0 Å². The zero-order chi connectivity index (χ0) is 17.2. The number of aromatic nitrogens is 4. The Bertz CT molecular complexity index is 709. The topological polar surface area (TPSA) is 69.8 Å². The van der Waals surface area contributed by atoms with Gasteiger partial charge in [0.2, 0.25) is 5.65 Å². The summed E-state index contributed by atoms with van der Waals surface area (Å²) in [5.41, 5.74) is 3.09. The van der Waals surface area contributed by atoms with E-state index in [4.69, 9.17) is 0 Å². The van der Waals surface area contributed by atoms with Crippen LogP contribution in [0.15, 0.2) is 12.4 Å². The highest BCUT2D eigenvalue weighted by atomic mass is 16.3. The fourth-order valence-corrected chi connectivity index (χ4v) is 4.32. The second-order valence-electron chi connectivity index (χ2n) is 7.38. The zero-order valence-corrected chi connectivity index (χ0v) is 15.0. The summed E-state index contributed by atoms with van der Waals surface area (Å²) in [7, 11) is 0. The fraction of sp³-hybridized carbons (Fsp3) is 0.722. The lowest BCUT2D eigenvalue weighted by Crippen LogP contribution is -2.49. The maximum Gasteiger partial charge on any atom is 0.200 e. The van der Waals surface area contributed by atoms with Crippen molar-refractivity contribution in [2.75, 3.05) is 37.7 Å². The van der Waals surface area contributed by atoms with Crippen LogP contribution in [0.3, 0.4) is 0 Å². The summed E-state index contributed by atoms with van der Waals surface area (Å²) in [4.78, 5) is 5.05. The lowest BCUT2D eigenvalue weighted by molar-refractivity contribution is 0.0778. The fourth-order valence-electron chi connectivity index (χ4n) is 4.32. The largest absolute Gasteiger partial charge is 0.396 e. The van der Waals surface area contributed by atoms with Crippen molar-refractivity contribution in [3.63, 3.8) is 0 Å². The Morgan fingerprint density at radius 1 is 1.20 bits per heavy atom. The standard InChI is InChI=1S/C18H28N6O/c1-2-15-10-17(18-20-19-13-24(18)21-15)22-8-5-16(6-9-22)23-7-3-4-14(11-23)12-25/h10,13-14,16,25H,2-9,11-12H2,1H3. The average Bonchev–Trinajstić information content (AvgIpc) is 3.16. The molecular formula is C18H28N6O. The SMILES string of the molecule is CCc1cc(N2CCC(N3CCCC(CO)C3)CC2)c2nncn2n1. The van der Waals surface area contributed by atoms with Gasteiger partial charge in [-0.3, -0.25) is 4.90 Å². The number of piperidine rings is 2. The number of aliphatic hydroxyl groups is 1. The number of rotatable bonds is 4. The number of hydrogen-bond donors (Lipinski definition) is 1. The minimum absolute atomic E-state index is 0.330. The van der Waals surface area contributed by atoms with E-state index in [1.54, 1.807) is 10.8 Å². The van der Waals surface area contributed by atoms with Crippen molar-refractivity contribution in [3.05, 3.63) is 18.1 Å². The Morgan fingerprint density at radius 2 is 2.04 bits per heavy atom. The number of aliphatic hydroxyl groups excluding tert-OH is 1. The minimum Gasteiger partial charge on any atom is -0.396 e. The molecule has 0 amide bonds. The normalized spacial score (nSPS) is 23.4. The Balaban J connectivity index is 1.46. The zero-order valence-electron chi connectivity index (χ0n) is 15.0. The van der Waals surface area contributed by atoms with Gasteiger partial charge in [0.05, 0.1) is 11.4 Å². The molecule has 0 radical (unpaired) electrons. The van der Waals surface area contributed by atoms with Gasteiger partial charge in [-0.05, 0) is 50.6 Å². The van der Waals surface area contributed by atoms with Crippen molar-refractivity contribution in [3.8, 4) is 0 Å². The van der Waals surface area contributed by atoms with Crippen molar-refractivity contribution in [1.82, 2.24) is 24.7 Å². The van der Waals surface area contributed by atoms with Crippen molar-refractivity contribution in [1.29, 1.82) is 0 Å². The highest BCUT2D eigenvalue weighted by Gasteiger charge is 2.29. The number of hydrogen-bond acceptors (Lipinski definition) is 6. The molecule has 1 atom stereocenters. The summed E-state index contributed by atoms with van der Waals surface area (Å²) in [5.74, 6) is 0.467. The molecule has 1 unspecified atom stereocenters. The molecule has 7 nitrogen and oxygen atoms in total. The number of aryl methyl sites for hydroxylation is 1. The second kappa shape index (κ2) is 7.25. The maximum absolute atomic E-state index is 9.47. The summed E-state index contributed by atoms with van der Waals surface area (Å²) >= 11 is 0. The van der Waals surface area contributed by atoms with Gasteiger partial charge < -0.3 is 10.0 Å². The molecule has 25 heavy (non-hydrogen) atoms. The van der Waals surface area contributed by atoms with Crippen molar-refractivity contribution in [2.24, 2.45) is 5.92 Å². The van der Waals surface area contributed by atoms with E-state index >= 15 is 0 Å². The van der Waals surface area contributed by atoms with Crippen LogP contribution in [-0.4, -0.2) is 68.6 Å². The molecule has 0 aromatic carbocycles. The highest BCUT2D eigenvalue weighted by molar-refractivity contribution is 5.68. The third-order valence-electron chi connectivity index (χ3n) is 5.79. The Labute approximate surface area is 148 Å². The highest BCUT2D eigenvalue weighted by Crippen LogP contribution is 2.28. The molecule has 136 valence electrons. The minimum atomic E-state index is 0.330. The van der Waals surface area contributed by atoms with Crippen LogP contribution in [0.4, 0.5) is 5.69 Å². The average molecular weight is 344 g/mol. The van der Waals surface area contributed by atoms with Gasteiger partial charge in [0.15, 0.2) is 0 Å². The summed E-state index contributed by atoms with van der Waals surface area (Å²) < 4.78 is 1.80. The molecule has 2 aliphatic rings. The van der Waals surface area contributed by atoms with Gasteiger partial charge in [0.1, 0.15) is 6.33 Å². The molecule has 0 saturated carbocycles. The van der Waals surface area contributed by atoms with E-state index < -0.39 is 0 Å². The lowest BCUT2D eigenvalue weighted by atomic mass is 9.94. The van der Waals surface area contributed by atoms with Crippen LogP contribution in [0.2, 0.25) is 0 Å². The third-order valence-corrected chi connectivity index (χ3v) is 5.79. The van der Waals surface area contributed by atoms with Crippen LogP contribution in [-0.2, 0) is 6.42 Å². The smallest absolute Gasteiger partial charge is 0.200 e. The molecule has 2 fully saturated rings. The number of anilines is 1. The van der Waals surface area contributed by atoms with E-state index in [1.165, 1.54) is 32.2 Å². The predicted octanol–water partition coefficient (Wildman–Crippen LogP) is 1.36. The summed E-state index contributed by atoms with van der Waals surface area (Å²) in [5, 5.41) is 22.3. The molecule has 0 spiro atoms. The lowest BCUT2D eigenvalue weighted by Gasteiger charge is -2.42. The first-order valence-electron chi connectivity index (χ1n) is 9.58. The molecule has 0 bridgehead atoms. The molecule has 2 aromatic rings. The van der Waals surface area contributed by atoms with Gasteiger partial charge in [0, 0.05) is 32.3 Å². The van der Waals surface area contributed by atoms with E-state index in [9.17, 15) is 5.11 Å². The van der Waals surface area contributed by atoms with Crippen LogP contribution in [0.25, 0.3) is 5.65 Å². The van der Waals surface area contributed by atoms with Gasteiger partial charge in [-0.15, -0.1) is 10.2 Å². The maximum atomic E-state index is 9.47. The second-order valence-corrected chi connectivity index (χ2v) is 7.38. The summed E-state index contributed by atoms with van der Waals surface area (Å²) in [6.07, 6.45) is 7.33. The van der Waals surface area contributed by atoms with Gasteiger partial charge in [0.25, 0.3) is 0 Å². The van der Waals surface area contributed by atoms with Gasteiger partial charge >= 0.3 is 0 Å². The third kappa shape index (κ3) is 3.35. The molecule has 4 heterocycles. The van der Waals surface area contributed by atoms with Crippen molar-refractivity contribution in [2.45, 2.75) is 45.1 Å². The number of nitrogens with zero attached hydrogens (tertiary/aromatic N) is 6. The van der Waals surface area contributed by atoms with E-state index in [1.807, 2.05) is 0 Å². The van der Waals surface area contributed by atoms with E-state index in [0.29, 0.717) is 18.6 Å². The monoisotopic (exact) mass is 344 g/mol. The van der Waals surface area contributed by atoms with Crippen LogP contribution in [0.5, 0.6) is 0 Å².